The van der Waals surface area contributed by atoms with Gasteiger partial charge in [-0.05, 0) is 19.8 Å². The number of rotatable bonds is 3. The maximum atomic E-state index is 5.56. The van der Waals surface area contributed by atoms with Crippen LogP contribution in [0.1, 0.15) is 19.8 Å². The molecule has 1 aliphatic rings. The normalized spacial score (nSPS) is 30.2. The average Bonchev–Trinajstić information content (AvgIpc) is 2.38. The first-order chi connectivity index (χ1) is 5.27. The zero-order valence-electron chi connectivity index (χ0n) is 7.02. The lowest BCUT2D eigenvalue weighted by Gasteiger charge is -2.22. The van der Waals surface area contributed by atoms with Gasteiger partial charge in [0.05, 0.1) is 12.1 Å². The van der Waals surface area contributed by atoms with Crippen molar-refractivity contribution in [2.75, 3.05) is 19.7 Å². The molecular formula is C9H15NO. The predicted octanol–water partition coefficient (Wildman–Crippen LogP) is 0.778. The van der Waals surface area contributed by atoms with Gasteiger partial charge in [-0.15, -0.1) is 6.42 Å². The van der Waals surface area contributed by atoms with Crippen molar-refractivity contribution < 1.29 is 4.74 Å². The van der Waals surface area contributed by atoms with Crippen molar-refractivity contribution in [3.05, 3.63) is 0 Å². The smallest absolute Gasteiger partial charge is 0.0779 e. The highest BCUT2D eigenvalue weighted by Crippen LogP contribution is 2.23. The minimum atomic E-state index is 0.0385. The third kappa shape index (κ3) is 2.53. The van der Waals surface area contributed by atoms with Crippen LogP contribution in [0.4, 0.5) is 0 Å². The number of hydrogen-bond donors (Lipinski definition) is 1. The van der Waals surface area contributed by atoms with Crippen molar-refractivity contribution >= 4 is 0 Å². The molecule has 1 atom stereocenters. The molecule has 1 N–H and O–H groups in total. The molecule has 1 aliphatic heterocycles. The van der Waals surface area contributed by atoms with E-state index in [1.54, 1.807) is 0 Å². The van der Waals surface area contributed by atoms with Crippen LogP contribution in [0.3, 0.4) is 0 Å². The highest BCUT2D eigenvalue weighted by molar-refractivity contribution is 4.89. The van der Waals surface area contributed by atoms with Crippen molar-refractivity contribution in [3.63, 3.8) is 0 Å². The molecule has 2 nitrogen and oxygen atoms in total. The van der Waals surface area contributed by atoms with E-state index >= 15 is 0 Å². The third-order valence-corrected chi connectivity index (χ3v) is 2.03. The molecule has 0 bridgehead atoms. The Bertz CT molecular complexity index is 153. The van der Waals surface area contributed by atoms with Gasteiger partial charge in [0.1, 0.15) is 0 Å². The average molecular weight is 153 g/mol. The molecule has 0 aromatic carbocycles. The SMILES string of the molecule is C#CCNCC1(C)CCCO1. The van der Waals surface area contributed by atoms with Gasteiger partial charge in [0.25, 0.3) is 0 Å². The largest absolute Gasteiger partial charge is 0.374 e. The summed E-state index contributed by atoms with van der Waals surface area (Å²) in [5.74, 6) is 2.54. The summed E-state index contributed by atoms with van der Waals surface area (Å²) in [5, 5.41) is 3.16. The first kappa shape index (κ1) is 8.58. The van der Waals surface area contributed by atoms with Crippen LogP contribution in [0.15, 0.2) is 0 Å². The Balaban J connectivity index is 2.19. The second-order valence-corrected chi connectivity index (χ2v) is 3.21. The number of hydrogen-bond acceptors (Lipinski definition) is 2. The summed E-state index contributed by atoms with van der Waals surface area (Å²) < 4.78 is 5.56. The molecule has 1 rings (SSSR count). The van der Waals surface area contributed by atoms with Crippen molar-refractivity contribution in [1.82, 2.24) is 5.32 Å². The zero-order valence-corrected chi connectivity index (χ0v) is 7.02. The standard InChI is InChI=1S/C9H15NO/c1-3-6-10-8-9(2)5-4-7-11-9/h1,10H,4-8H2,2H3. The Morgan fingerprint density at radius 2 is 2.55 bits per heavy atom. The molecule has 1 saturated heterocycles. The van der Waals surface area contributed by atoms with E-state index in [1.807, 2.05) is 0 Å². The summed E-state index contributed by atoms with van der Waals surface area (Å²) in [4.78, 5) is 0. The van der Waals surface area contributed by atoms with E-state index in [0.29, 0.717) is 6.54 Å². The molecule has 0 amide bonds. The van der Waals surface area contributed by atoms with E-state index in [2.05, 4.69) is 18.2 Å². The van der Waals surface area contributed by atoms with Crippen LogP contribution >= 0.6 is 0 Å². The van der Waals surface area contributed by atoms with E-state index in [1.165, 1.54) is 6.42 Å². The van der Waals surface area contributed by atoms with Gasteiger partial charge >= 0.3 is 0 Å². The van der Waals surface area contributed by atoms with Gasteiger partial charge in [0.15, 0.2) is 0 Å². The van der Waals surface area contributed by atoms with Crippen LogP contribution in [-0.4, -0.2) is 25.3 Å². The van der Waals surface area contributed by atoms with E-state index in [9.17, 15) is 0 Å². The first-order valence-electron chi connectivity index (χ1n) is 4.05. The van der Waals surface area contributed by atoms with Crippen molar-refractivity contribution in [2.24, 2.45) is 0 Å². The van der Waals surface area contributed by atoms with Gasteiger partial charge in [0, 0.05) is 13.2 Å². The van der Waals surface area contributed by atoms with E-state index in [4.69, 9.17) is 11.2 Å². The van der Waals surface area contributed by atoms with Crippen LogP contribution in [0.2, 0.25) is 0 Å². The summed E-state index contributed by atoms with van der Waals surface area (Å²) in [6, 6.07) is 0. The molecule has 62 valence electrons. The fraction of sp³-hybridized carbons (Fsp3) is 0.778. The summed E-state index contributed by atoms with van der Waals surface area (Å²) in [6.45, 7) is 4.54. The molecule has 0 aliphatic carbocycles. The Morgan fingerprint density at radius 1 is 1.73 bits per heavy atom. The Kier molecular flexibility index (Phi) is 2.92. The topological polar surface area (TPSA) is 21.3 Å². The Labute approximate surface area is 68.3 Å². The van der Waals surface area contributed by atoms with Crippen LogP contribution in [0.5, 0.6) is 0 Å². The molecule has 2 heteroatoms. The van der Waals surface area contributed by atoms with Gasteiger partial charge in [-0.25, -0.2) is 0 Å². The molecule has 1 unspecified atom stereocenters. The monoisotopic (exact) mass is 153 g/mol. The summed E-state index contributed by atoms with van der Waals surface area (Å²) in [7, 11) is 0. The Morgan fingerprint density at radius 3 is 3.09 bits per heavy atom. The maximum absolute atomic E-state index is 5.56. The van der Waals surface area contributed by atoms with Gasteiger partial charge in [0.2, 0.25) is 0 Å². The molecule has 11 heavy (non-hydrogen) atoms. The molecule has 0 aromatic heterocycles. The van der Waals surface area contributed by atoms with Gasteiger partial charge < -0.3 is 10.1 Å². The van der Waals surface area contributed by atoms with Crippen molar-refractivity contribution in [2.45, 2.75) is 25.4 Å². The second kappa shape index (κ2) is 3.75. The molecule has 0 radical (unpaired) electrons. The number of ether oxygens (including phenoxy) is 1. The third-order valence-electron chi connectivity index (χ3n) is 2.03. The van der Waals surface area contributed by atoms with Crippen LogP contribution < -0.4 is 5.32 Å². The molecule has 0 spiro atoms. The maximum Gasteiger partial charge on any atom is 0.0779 e. The fourth-order valence-corrected chi connectivity index (χ4v) is 1.38. The molecule has 0 aromatic rings. The van der Waals surface area contributed by atoms with Gasteiger partial charge in [-0.1, -0.05) is 5.92 Å². The summed E-state index contributed by atoms with van der Waals surface area (Å²) >= 11 is 0. The van der Waals surface area contributed by atoms with Crippen molar-refractivity contribution in [1.29, 1.82) is 0 Å². The molecule has 1 fully saturated rings. The number of nitrogens with one attached hydrogen (secondary N) is 1. The minimum Gasteiger partial charge on any atom is -0.374 e. The molecular weight excluding hydrogens is 138 g/mol. The lowest BCUT2D eigenvalue weighted by Crippen LogP contribution is -2.37. The van der Waals surface area contributed by atoms with E-state index in [-0.39, 0.29) is 5.60 Å². The van der Waals surface area contributed by atoms with Crippen LogP contribution in [-0.2, 0) is 4.74 Å². The van der Waals surface area contributed by atoms with Crippen LogP contribution in [0.25, 0.3) is 0 Å². The van der Waals surface area contributed by atoms with Crippen LogP contribution in [0, 0.1) is 12.3 Å². The van der Waals surface area contributed by atoms with Gasteiger partial charge in [-0.3, -0.25) is 0 Å². The second-order valence-electron chi connectivity index (χ2n) is 3.21. The molecule has 1 heterocycles. The predicted molar refractivity (Wildman–Crippen MR) is 45.3 cm³/mol. The number of terminal acetylenes is 1. The van der Waals surface area contributed by atoms with E-state index < -0.39 is 0 Å². The fourth-order valence-electron chi connectivity index (χ4n) is 1.38. The zero-order chi connectivity index (χ0) is 8.16. The highest BCUT2D eigenvalue weighted by atomic mass is 16.5. The molecule has 0 saturated carbocycles. The van der Waals surface area contributed by atoms with Crippen molar-refractivity contribution in [3.8, 4) is 12.3 Å². The van der Waals surface area contributed by atoms with E-state index in [0.717, 1.165) is 19.6 Å². The minimum absolute atomic E-state index is 0.0385. The highest BCUT2D eigenvalue weighted by Gasteiger charge is 2.28. The Hall–Kier alpha value is -0.520. The summed E-state index contributed by atoms with van der Waals surface area (Å²) in [5.41, 5.74) is 0.0385. The lowest BCUT2D eigenvalue weighted by molar-refractivity contribution is 0.0218. The lowest BCUT2D eigenvalue weighted by atomic mass is 10.0. The first-order valence-corrected chi connectivity index (χ1v) is 4.05. The van der Waals surface area contributed by atoms with Gasteiger partial charge in [-0.2, -0.15) is 0 Å². The summed E-state index contributed by atoms with van der Waals surface area (Å²) in [6.07, 6.45) is 7.42. The quantitative estimate of drug-likeness (QED) is 0.478.